The molecule has 2 fully saturated rings. The first kappa shape index (κ1) is 11.9. The second-order valence-electron chi connectivity index (χ2n) is 6.32. The van der Waals surface area contributed by atoms with Crippen molar-refractivity contribution in [1.82, 2.24) is 4.90 Å². The predicted molar refractivity (Wildman–Crippen MR) is 74.3 cm³/mol. The van der Waals surface area contributed by atoms with Gasteiger partial charge in [-0.3, -0.25) is 4.79 Å². The summed E-state index contributed by atoms with van der Waals surface area (Å²) in [6.45, 7) is 1.12. The second-order valence-corrected chi connectivity index (χ2v) is 7.32. The highest BCUT2D eigenvalue weighted by Crippen LogP contribution is 2.46. The molecule has 102 valence electrons. The van der Waals surface area contributed by atoms with Gasteiger partial charge in [-0.05, 0) is 55.0 Å². The average Bonchev–Trinajstić information content (AvgIpc) is 3.12. The number of likely N-dealkylation sites (tertiary alicyclic amines) is 1. The van der Waals surface area contributed by atoms with E-state index in [2.05, 4.69) is 11.4 Å². The molecule has 1 aromatic heterocycles. The summed E-state index contributed by atoms with van der Waals surface area (Å²) < 4.78 is 0. The first-order chi connectivity index (χ1) is 9.17. The number of amides is 1. The van der Waals surface area contributed by atoms with Crippen LogP contribution in [-0.2, 0) is 11.2 Å². The van der Waals surface area contributed by atoms with Gasteiger partial charge < -0.3 is 10.0 Å². The summed E-state index contributed by atoms with van der Waals surface area (Å²) in [6.07, 6.45) is 5.49. The number of hydrogen-bond donors (Lipinski definition) is 1. The van der Waals surface area contributed by atoms with Crippen LogP contribution in [0, 0.1) is 5.92 Å². The van der Waals surface area contributed by atoms with Gasteiger partial charge >= 0.3 is 0 Å². The number of carbonyl (C=O) groups excluding carboxylic acids is 1. The second kappa shape index (κ2) is 4.06. The van der Waals surface area contributed by atoms with Gasteiger partial charge in [0.2, 0.25) is 5.91 Å². The monoisotopic (exact) mass is 277 g/mol. The molecule has 0 radical (unpaired) electrons. The maximum absolute atomic E-state index is 12.6. The lowest BCUT2D eigenvalue weighted by Gasteiger charge is -2.48. The summed E-state index contributed by atoms with van der Waals surface area (Å²) in [5.74, 6) is 0.753. The van der Waals surface area contributed by atoms with Gasteiger partial charge in [-0.15, -0.1) is 11.3 Å². The van der Waals surface area contributed by atoms with Crippen LogP contribution in [0.25, 0.3) is 0 Å². The molecular weight excluding hydrogens is 258 g/mol. The van der Waals surface area contributed by atoms with Crippen LogP contribution in [0.1, 0.15) is 42.0 Å². The van der Waals surface area contributed by atoms with Crippen molar-refractivity contribution in [2.24, 2.45) is 5.92 Å². The molecule has 4 rings (SSSR count). The molecule has 0 bridgehead atoms. The quantitative estimate of drug-likeness (QED) is 0.900. The lowest BCUT2D eigenvalue weighted by atomic mass is 9.83. The van der Waals surface area contributed by atoms with E-state index in [0.29, 0.717) is 19.0 Å². The zero-order chi connectivity index (χ0) is 13.0. The Morgan fingerprint density at radius 1 is 1.37 bits per heavy atom. The molecule has 1 N–H and O–H groups in total. The fraction of sp³-hybridized carbons (Fsp3) is 0.667. The van der Waals surface area contributed by atoms with Crippen LogP contribution in [-0.4, -0.2) is 34.6 Å². The fourth-order valence-electron chi connectivity index (χ4n) is 3.61. The van der Waals surface area contributed by atoms with Gasteiger partial charge in [-0.2, -0.15) is 0 Å². The van der Waals surface area contributed by atoms with Gasteiger partial charge in [0, 0.05) is 4.88 Å². The van der Waals surface area contributed by atoms with E-state index in [1.807, 2.05) is 4.90 Å². The van der Waals surface area contributed by atoms with E-state index < -0.39 is 5.60 Å². The van der Waals surface area contributed by atoms with Crippen molar-refractivity contribution in [2.45, 2.75) is 43.6 Å². The lowest BCUT2D eigenvalue weighted by Crippen LogP contribution is -2.65. The van der Waals surface area contributed by atoms with Crippen LogP contribution in [0.3, 0.4) is 0 Å². The van der Waals surface area contributed by atoms with E-state index in [-0.39, 0.29) is 11.8 Å². The number of hydrogen-bond acceptors (Lipinski definition) is 3. The SMILES string of the molecule is O=C(C1CCCc2sccc21)N1CC(O)(C2CC2)C1. The third-order valence-electron chi connectivity index (χ3n) is 4.93. The molecule has 1 amide bonds. The van der Waals surface area contributed by atoms with Gasteiger partial charge in [-0.1, -0.05) is 0 Å². The molecule has 3 nitrogen and oxygen atoms in total. The molecule has 4 heteroatoms. The summed E-state index contributed by atoms with van der Waals surface area (Å²) in [5.41, 5.74) is 0.699. The largest absolute Gasteiger partial charge is 0.386 e. The highest BCUT2D eigenvalue weighted by atomic mass is 32.1. The number of fused-ring (bicyclic) bond motifs is 1. The number of carbonyl (C=O) groups is 1. The first-order valence-corrected chi connectivity index (χ1v) is 8.13. The Morgan fingerprint density at radius 2 is 2.16 bits per heavy atom. The van der Waals surface area contributed by atoms with Crippen LogP contribution >= 0.6 is 11.3 Å². The number of aryl methyl sites for hydroxylation is 1. The number of nitrogens with zero attached hydrogens (tertiary/aromatic N) is 1. The van der Waals surface area contributed by atoms with Crippen LogP contribution < -0.4 is 0 Å². The van der Waals surface area contributed by atoms with E-state index in [4.69, 9.17) is 0 Å². The van der Waals surface area contributed by atoms with Gasteiger partial charge in [0.05, 0.1) is 19.0 Å². The molecule has 2 heterocycles. The normalized spacial score (nSPS) is 28.7. The maximum atomic E-state index is 12.6. The molecule has 1 atom stereocenters. The highest BCUT2D eigenvalue weighted by Gasteiger charge is 2.54. The maximum Gasteiger partial charge on any atom is 0.230 e. The van der Waals surface area contributed by atoms with Crippen molar-refractivity contribution in [1.29, 1.82) is 0 Å². The van der Waals surface area contributed by atoms with Gasteiger partial charge in [-0.25, -0.2) is 0 Å². The molecule has 1 saturated carbocycles. The van der Waals surface area contributed by atoms with E-state index >= 15 is 0 Å². The zero-order valence-corrected chi connectivity index (χ0v) is 11.8. The van der Waals surface area contributed by atoms with Crippen molar-refractivity contribution >= 4 is 17.2 Å². The minimum Gasteiger partial charge on any atom is -0.386 e. The topological polar surface area (TPSA) is 40.5 Å². The molecule has 19 heavy (non-hydrogen) atoms. The van der Waals surface area contributed by atoms with E-state index in [1.54, 1.807) is 11.3 Å². The molecule has 2 aliphatic carbocycles. The third kappa shape index (κ3) is 1.84. The Kier molecular flexibility index (Phi) is 2.55. The Hall–Kier alpha value is -0.870. The highest BCUT2D eigenvalue weighted by molar-refractivity contribution is 7.10. The molecule has 1 unspecified atom stereocenters. The standard InChI is InChI=1S/C15H19NO2S/c17-14(16-8-15(18,9-16)10-4-5-10)12-2-1-3-13-11(12)6-7-19-13/h6-7,10,12,18H,1-5,8-9H2. The number of β-amino-alcohol motifs (C(OH)–C–C–N with tert-alkyl or cyclic N) is 1. The van der Waals surface area contributed by atoms with E-state index in [0.717, 1.165) is 32.1 Å². The molecule has 3 aliphatic rings. The van der Waals surface area contributed by atoms with Gasteiger partial charge in [0.1, 0.15) is 5.60 Å². The lowest BCUT2D eigenvalue weighted by molar-refractivity contribution is -0.161. The summed E-state index contributed by atoms with van der Waals surface area (Å²) in [4.78, 5) is 15.9. The molecule has 1 aliphatic heterocycles. The zero-order valence-electron chi connectivity index (χ0n) is 11.0. The summed E-state index contributed by atoms with van der Waals surface area (Å²) in [5, 5.41) is 12.4. The molecule has 1 saturated heterocycles. The predicted octanol–water partition coefficient (Wildman–Crippen LogP) is 2.15. The van der Waals surface area contributed by atoms with Gasteiger partial charge in [0.15, 0.2) is 0 Å². The van der Waals surface area contributed by atoms with Crippen LogP contribution in [0.5, 0.6) is 0 Å². The summed E-state index contributed by atoms with van der Waals surface area (Å²) in [6, 6.07) is 2.12. The third-order valence-corrected chi connectivity index (χ3v) is 5.92. The van der Waals surface area contributed by atoms with Crippen molar-refractivity contribution in [3.63, 3.8) is 0 Å². The summed E-state index contributed by atoms with van der Waals surface area (Å²) in [7, 11) is 0. The molecule has 0 aromatic carbocycles. The molecule has 0 spiro atoms. The van der Waals surface area contributed by atoms with Crippen molar-refractivity contribution in [3.8, 4) is 0 Å². The smallest absolute Gasteiger partial charge is 0.230 e. The van der Waals surface area contributed by atoms with Crippen molar-refractivity contribution < 1.29 is 9.90 Å². The Labute approximate surface area is 117 Å². The van der Waals surface area contributed by atoms with Gasteiger partial charge in [0.25, 0.3) is 0 Å². The number of thiophene rings is 1. The van der Waals surface area contributed by atoms with Crippen molar-refractivity contribution in [3.05, 3.63) is 21.9 Å². The van der Waals surface area contributed by atoms with E-state index in [1.165, 1.54) is 10.4 Å². The first-order valence-electron chi connectivity index (χ1n) is 7.25. The Bertz CT molecular complexity index is 514. The van der Waals surface area contributed by atoms with E-state index in [9.17, 15) is 9.90 Å². The summed E-state index contributed by atoms with van der Waals surface area (Å²) >= 11 is 1.78. The fourth-order valence-corrected chi connectivity index (χ4v) is 4.60. The minimum atomic E-state index is -0.554. The molecule has 1 aromatic rings. The Morgan fingerprint density at radius 3 is 2.89 bits per heavy atom. The molecular formula is C15H19NO2S. The minimum absolute atomic E-state index is 0.0544. The number of rotatable bonds is 2. The van der Waals surface area contributed by atoms with Crippen molar-refractivity contribution in [2.75, 3.05) is 13.1 Å². The number of aliphatic hydroxyl groups is 1. The average molecular weight is 277 g/mol. The van der Waals surface area contributed by atoms with Crippen LogP contribution in [0.2, 0.25) is 0 Å². The van der Waals surface area contributed by atoms with Crippen LogP contribution in [0.15, 0.2) is 11.4 Å². The Balaban J connectivity index is 1.48. The van der Waals surface area contributed by atoms with Crippen LogP contribution in [0.4, 0.5) is 0 Å².